The second-order valence-electron chi connectivity index (χ2n) is 5.15. The number of hydrogen-bond acceptors (Lipinski definition) is 2. The molecule has 0 saturated heterocycles. The van der Waals surface area contributed by atoms with Gasteiger partial charge in [0, 0.05) is 11.5 Å². The van der Waals surface area contributed by atoms with Crippen LogP contribution < -0.4 is 4.74 Å². The van der Waals surface area contributed by atoms with Gasteiger partial charge in [0.2, 0.25) is 0 Å². The summed E-state index contributed by atoms with van der Waals surface area (Å²) in [7, 11) is -1.38. The van der Waals surface area contributed by atoms with Crippen molar-refractivity contribution in [3.8, 4) is 17.2 Å². The fourth-order valence-corrected chi connectivity index (χ4v) is 1.82. The molecule has 4 nitrogen and oxygen atoms in total. The molecule has 0 unspecified atom stereocenters. The summed E-state index contributed by atoms with van der Waals surface area (Å²) in [5.41, 5.74) is 12.4. The van der Waals surface area contributed by atoms with Crippen molar-refractivity contribution in [1.82, 2.24) is 0 Å². The van der Waals surface area contributed by atoms with Gasteiger partial charge in [-0.2, -0.15) is 0 Å². The van der Waals surface area contributed by atoms with E-state index in [4.69, 9.17) is 10.3 Å². The van der Waals surface area contributed by atoms with Crippen molar-refractivity contribution in [1.29, 1.82) is 0 Å². The maximum atomic E-state index is 8.18. The zero-order valence-corrected chi connectivity index (χ0v) is 12.7. The number of ether oxygens (including phenoxy) is 1. The molecule has 5 heteroatoms. The molecule has 0 spiro atoms. The minimum Gasteiger partial charge on any atom is -0.492 e. The van der Waals surface area contributed by atoms with E-state index < -0.39 is 8.07 Å². The van der Waals surface area contributed by atoms with Crippen molar-refractivity contribution in [3.05, 3.63) is 40.3 Å². The first kappa shape index (κ1) is 15.2. The quantitative estimate of drug-likeness (QED) is 0.200. The highest BCUT2D eigenvalue weighted by Crippen LogP contribution is 2.17. The summed E-state index contributed by atoms with van der Waals surface area (Å²) in [5, 5.41) is 3.47. The van der Waals surface area contributed by atoms with Crippen LogP contribution in [0.5, 0.6) is 5.75 Å². The van der Waals surface area contributed by atoms with E-state index in [1.165, 1.54) is 0 Å². The summed E-state index contributed by atoms with van der Waals surface area (Å²) in [5.74, 6) is 4.01. The monoisotopic (exact) mass is 273 g/mol. The Balaban J connectivity index is 2.67. The van der Waals surface area contributed by atoms with Gasteiger partial charge in [0.05, 0.1) is 12.2 Å². The maximum absolute atomic E-state index is 8.18. The fourth-order valence-electron chi connectivity index (χ4n) is 1.31. The normalized spacial score (nSPS) is 10.1. The first-order valence-electron chi connectivity index (χ1n) is 6.29. The Morgan fingerprint density at radius 1 is 1.32 bits per heavy atom. The zero-order valence-electron chi connectivity index (χ0n) is 11.7. The molecule has 0 aromatic heterocycles. The summed E-state index contributed by atoms with van der Waals surface area (Å²) in [6.45, 7) is 7.63. The average molecular weight is 273 g/mol. The number of nitrogens with zero attached hydrogens (tertiary/aromatic N) is 3. The lowest BCUT2D eigenvalue weighted by molar-refractivity contribution is 0.312. The Labute approximate surface area is 115 Å². The van der Waals surface area contributed by atoms with E-state index in [-0.39, 0.29) is 0 Å². The number of para-hydroxylation sites is 1. The van der Waals surface area contributed by atoms with Gasteiger partial charge in [-0.3, -0.25) is 0 Å². The third-order valence-electron chi connectivity index (χ3n) is 2.18. The fraction of sp³-hybridized carbons (Fsp3) is 0.429. The lowest BCUT2D eigenvalue weighted by Crippen LogP contribution is -2.16. The Bertz CT molecular complexity index is 519. The van der Waals surface area contributed by atoms with Crippen molar-refractivity contribution >= 4 is 8.07 Å². The summed E-state index contributed by atoms with van der Waals surface area (Å²) in [6.07, 6.45) is 0.708. The summed E-state index contributed by atoms with van der Waals surface area (Å²) in [6, 6.07) is 7.78. The van der Waals surface area contributed by atoms with Gasteiger partial charge in [-0.15, -0.1) is 5.54 Å². The molecule has 0 bridgehead atoms. The molecule has 0 amide bonds. The molecule has 1 aromatic rings. The van der Waals surface area contributed by atoms with Crippen molar-refractivity contribution < 1.29 is 4.74 Å². The molecule has 0 aliphatic carbocycles. The van der Waals surface area contributed by atoms with Gasteiger partial charge in [0.15, 0.2) is 0 Å². The summed E-state index contributed by atoms with van der Waals surface area (Å²) in [4.78, 5) is 2.71. The van der Waals surface area contributed by atoms with E-state index in [1.54, 1.807) is 0 Å². The summed E-state index contributed by atoms with van der Waals surface area (Å²) >= 11 is 0. The highest BCUT2D eigenvalue weighted by Gasteiger charge is 2.08. The predicted octanol–water partition coefficient (Wildman–Crippen LogP) is 3.99. The molecule has 0 aliphatic heterocycles. The molecule has 0 N–H and O–H groups in total. The van der Waals surface area contributed by atoms with Crippen LogP contribution in [0.3, 0.4) is 0 Å². The highest BCUT2D eigenvalue weighted by atomic mass is 28.3. The molecule has 0 atom stereocenters. The van der Waals surface area contributed by atoms with Crippen molar-refractivity contribution in [2.45, 2.75) is 26.1 Å². The van der Waals surface area contributed by atoms with Gasteiger partial charge < -0.3 is 4.74 Å². The minimum absolute atomic E-state index is 0.458. The van der Waals surface area contributed by atoms with E-state index in [9.17, 15) is 0 Å². The SMILES string of the molecule is C[Si](C)(C)C#Cc1ccccc1OCCCN=[N+]=[N-]. The minimum atomic E-state index is -1.38. The Kier molecular flexibility index (Phi) is 6.00. The molecule has 100 valence electrons. The molecule has 0 radical (unpaired) electrons. The van der Waals surface area contributed by atoms with Crippen molar-refractivity contribution in [2.24, 2.45) is 5.11 Å². The van der Waals surface area contributed by atoms with Gasteiger partial charge in [-0.05, 0) is 24.1 Å². The third-order valence-corrected chi connectivity index (χ3v) is 3.06. The van der Waals surface area contributed by atoms with Crippen LogP contribution in [0.15, 0.2) is 29.4 Å². The number of azide groups is 1. The van der Waals surface area contributed by atoms with E-state index >= 15 is 0 Å². The topological polar surface area (TPSA) is 58.0 Å². The molecule has 0 fully saturated rings. The number of hydrogen-bond donors (Lipinski definition) is 0. The standard InChI is InChI=1S/C14H19N3OSi/c1-19(2,3)12-9-13-7-4-5-8-14(13)18-11-6-10-16-17-15/h4-5,7-8H,6,10-11H2,1-3H3. The van der Waals surface area contributed by atoms with E-state index in [0.29, 0.717) is 19.6 Å². The van der Waals surface area contributed by atoms with Gasteiger partial charge in [-0.25, -0.2) is 0 Å². The van der Waals surface area contributed by atoms with Crippen LogP contribution in [0.25, 0.3) is 10.4 Å². The third kappa shape index (κ3) is 6.56. The number of benzene rings is 1. The maximum Gasteiger partial charge on any atom is 0.134 e. The molecular formula is C14H19N3OSi. The molecule has 0 saturated carbocycles. The van der Waals surface area contributed by atoms with Gasteiger partial charge in [0.25, 0.3) is 0 Å². The van der Waals surface area contributed by atoms with Gasteiger partial charge in [-0.1, -0.05) is 42.8 Å². The van der Waals surface area contributed by atoms with E-state index in [1.807, 2.05) is 24.3 Å². The van der Waals surface area contributed by atoms with Crippen LogP contribution in [0.4, 0.5) is 0 Å². The Morgan fingerprint density at radius 2 is 2.05 bits per heavy atom. The van der Waals surface area contributed by atoms with Gasteiger partial charge >= 0.3 is 0 Å². The van der Waals surface area contributed by atoms with E-state index in [0.717, 1.165) is 11.3 Å². The smallest absolute Gasteiger partial charge is 0.134 e. The van der Waals surface area contributed by atoms with Crippen LogP contribution in [0, 0.1) is 11.5 Å². The Morgan fingerprint density at radius 3 is 2.74 bits per heavy atom. The molecule has 19 heavy (non-hydrogen) atoms. The second-order valence-corrected chi connectivity index (χ2v) is 9.90. The van der Waals surface area contributed by atoms with Crippen molar-refractivity contribution in [2.75, 3.05) is 13.2 Å². The molecule has 1 aromatic carbocycles. The lowest BCUT2D eigenvalue weighted by atomic mass is 10.2. The largest absolute Gasteiger partial charge is 0.492 e. The second kappa shape index (κ2) is 7.52. The number of rotatable bonds is 5. The van der Waals surface area contributed by atoms with Crippen LogP contribution in [-0.2, 0) is 0 Å². The van der Waals surface area contributed by atoms with Crippen LogP contribution in [0.2, 0.25) is 19.6 Å². The average Bonchev–Trinajstić information content (AvgIpc) is 2.36. The zero-order chi connectivity index (χ0) is 14.1. The van der Waals surface area contributed by atoms with E-state index in [2.05, 4.69) is 41.1 Å². The van der Waals surface area contributed by atoms with Crippen LogP contribution >= 0.6 is 0 Å². The van der Waals surface area contributed by atoms with Crippen molar-refractivity contribution in [3.63, 3.8) is 0 Å². The van der Waals surface area contributed by atoms with Gasteiger partial charge in [0.1, 0.15) is 13.8 Å². The first-order valence-corrected chi connectivity index (χ1v) is 9.79. The Hall–Kier alpha value is -1.89. The van der Waals surface area contributed by atoms with Crippen LogP contribution in [0.1, 0.15) is 12.0 Å². The van der Waals surface area contributed by atoms with Crippen LogP contribution in [-0.4, -0.2) is 21.2 Å². The molecular weight excluding hydrogens is 254 g/mol. The summed E-state index contributed by atoms with van der Waals surface area (Å²) < 4.78 is 5.68. The predicted molar refractivity (Wildman–Crippen MR) is 80.8 cm³/mol. The molecule has 0 aliphatic rings. The lowest BCUT2D eigenvalue weighted by Gasteiger charge is -2.08. The molecule has 0 heterocycles. The highest BCUT2D eigenvalue weighted by molar-refractivity contribution is 6.83. The molecule has 1 rings (SSSR count). The first-order chi connectivity index (χ1) is 9.03.